The molecule has 1 aromatic carbocycles. The number of fused-ring (bicyclic) bond motifs is 1. The largest absolute Gasteiger partial charge is 0.457 e. The second kappa shape index (κ2) is 6.08. The van der Waals surface area contributed by atoms with Crippen LogP contribution in [-0.2, 0) is 6.42 Å². The van der Waals surface area contributed by atoms with Gasteiger partial charge in [0, 0.05) is 18.0 Å². The van der Waals surface area contributed by atoms with Crippen molar-refractivity contribution in [2.45, 2.75) is 19.4 Å². The van der Waals surface area contributed by atoms with Crippen molar-refractivity contribution in [1.29, 1.82) is 0 Å². The zero-order chi connectivity index (χ0) is 13.9. The fraction of sp³-hybridized carbons (Fsp3) is 0.267. The number of halogens is 1. The minimum Gasteiger partial charge on any atom is -0.457 e. The number of benzene rings is 1. The van der Waals surface area contributed by atoms with Gasteiger partial charge in [-0.1, -0.05) is 19.1 Å². The molecule has 0 amide bonds. The van der Waals surface area contributed by atoms with Crippen LogP contribution in [0.3, 0.4) is 0 Å². The molecule has 0 aliphatic carbocycles. The highest BCUT2D eigenvalue weighted by atomic mass is 79.9. The van der Waals surface area contributed by atoms with Gasteiger partial charge in [-0.2, -0.15) is 0 Å². The van der Waals surface area contributed by atoms with Crippen molar-refractivity contribution in [3.63, 3.8) is 0 Å². The summed E-state index contributed by atoms with van der Waals surface area (Å²) in [5, 5.41) is 4.64. The van der Waals surface area contributed by atoms with Gasteiger partial charge in [-0.05, 0) is 40.7 Å². The zero-order valence-electron chi connectivity index (χ0n) is 11.1. The van der Waals surface area contributed by atoms with Crippen LogP contribution in [-0.4, -0.2) is 11.5 Å². The van der Waals surface area contributed by atoms with Gasteiger partial charge >= 0.3 is 0 Å². The van der Waals surface area contributed by atoms with E-state index in [-0.39, 0.29) is 6.04 Å². The average molecular weight is 351 g/mol. The summed E-state index contributed by atoms with van der Waals surface area (Å²) in [5.41, 5.74) is 2.22. The van der Waals surface area contributed by atoms with Crippen LogP contribution in [0.5, 0.6) is 0 Å². The Kier molecular flexibility index (Phi) is 4.19. The van der Waals surface area contributed by atoms with Gasteiger partial charge in [-0.3, -0.25) is 0 Å². The highest BCUT2D eigenvalue weighted by Crippen LogP contribution is 2.30. The minimum atomic E-state index is 0.216. The van der Waals surface area contributed by atoms with Crippen molar-refractivity contribution in [3.8, 4) is 0 Å². The Balaban J connectivity index is 1.88. The molecule has 0 saturated heterocycles. The summed E-state index contributed by atoms with van der Waals surface area (Å²) in [5.74, 6) is 0. The molecular formula is C15H15BrN2OS. The number of furan rings is 1. The van der Waals surface area contributed by atoms with Crippen LogP contribution in [0.1, 0.15) is 23.5 Å². The second-order valence-corrected chi connectivity index (χ2v) is 6.37. The molecule has 0 saturated carbocycles. The Hall–Kier alpha value is -1.17. The highest BCUT2D eigenvalue weighted by molar-refractivity contribution is 9.10. The Morgan fingerprint density at radius 1 is 1.35 bits per heavy atom. The quantitative estimate of drug-likeness (QED) is 0.733. The molecule has 0 aliphatic heterocycles. The summed E-state index contributed by atoms with van der Waals surface area (Å²) in [7, 11) is 0. The molecule has 0 spiro atoms. The lowest BCUT2D eigenvalue weighted by Gasteiger charge is -2.15. The molecule has 1 N–H and O–H groups in total. The molecule has 0 fully saturated rings. The zero-order valence-corrected chi connectivity index (χ0v) is 13.5. The first-order valence-electron chi connectivity index (χ1n) is 6.58. The monoisotopic (exact) mass is 350 g/mol. The van der Waals surface area contributed by atoms with E-state index in [0.717, 1.165) is 33.7 Å². The van der Waals surface area contributed by atoms with Gasteiger partial charge < -0.3 is 9.73 Å². The number of thiazole rings is 1. The smallest absolute Gasteiger partial charge is 0.173 e. The third-order valence-corrected chi connectivity index (χ3v) is 4.89. The van der Waals surface area contributed by atoms with Crippen LogP contribution in [0.15, 0.2) is 45.7 Å². The van der Waals surface area contributed by atoms with Crippen molar-refractivity contribution in [3.05, 3.63) is 51.8 Å². The summed E-state index contributed by atoms with van der Waals surface area (Å²) in [4.78, 5) is 4.71. The van der Waals surface area contributed by atoms with E-state index in [1.807, 2.05) is 12.1 Å². The number of nitrogens with one attached hydrogen (secondary N) is 1. The van der Waals surface area contributed by atoms with E-state index in [1.165, 1.54) is 4.70 Å². The molecule has 3 aromatic rings. The lowest BCUT2D eigenvalue weighted by Crippen LogP contribution is -2.22. The Bertz CT molecular complexity index is 674. The van der Waals surface area contributed by atoms with Gasteiger partial charge in [0.1, 0.15) is 0 Å². The van der Waals surface area contributed by atoms with Gasteiger partial charge in [-0.15, -0.1) is 11.3 Å². The molecule has 5 heteroatoms. The summed E-state index contributed by atoms with van der Waals surface area (Å²) in [6, 6.07) is 10.5. The van der Waals surface area contributed by atoms with Gasteiger partial charge in [-0.25, -0.2) is 4.98 Å². The number of likely N-dealkylation sites (N-methyl/N-ethyl adjacent to an activating group) is 1. The molecule has 3 nitrogen and oxygen atoms in total. The molecule has 1 unspecified atom stereocenters. The third-order valence-electron chi connectivity index (χ3n) is 3.19. The first kappa shape index (κ1) is 13.8. The van der Waals surface area contributed by atoms with Gasteiger partial charge in [0.25, 0.3) is 0 Å². The molecular weight excluding hydrogens is 336 g/mol. The first-order chi connectivity index (χ1) is 9.78. The molecule has 0 bridgehead atoms. The molecule has 20 heavy (non-hydrogen) atoms. The fourth-order valence-electron chi connectivity index (χ4n) is 2.27. The van der Waals surface area contributed by atoms with Gasteiger partial charge in [0.05, 0.1) is 21.5 Å². The summed E-state index contributed by atoms with van der Waals surface area (Å²) >= 11 is 5.22. The van der Waals surface area contributed by atoms with Crippen LogP contribution in [0.25, 0.3) is 10.2 Å². The predicted octanol–water partition coefficient (Wildman–Crippen LogP) is 4.55. The predicted molar refractivity (Wildman–Crippen MR) is 86.1 cm³/mol. The fourth-order valence-corrected chi connectivity index (χ4v) is 3.80. The van der Waals surface area contributed by atoms with E-state index >= 15 is 0 Å². The van der Waals surface area contributed by atoms with E-state index in [0.29, 0.717) is 0 Å². The van der Waals surface area contributed by atoms with Crippen molar-refractivity contribution < 1.29 is 4.42 Å². The molecule has 1 atom stereocenters. The van der Waals surface area contributed by atoms with E-state index in [1.54, 1.807) is 17.6 Å². The van der Waals surface area contributed by atoms with E-state index in [4.69, 9.17) is 9.40 Å². The maximum atomic E-state index is 5.35. The maximum Gasteiger partial charge on any atom is 0.173 e. The van der Waals surface area contributed by atoms with Crippen LogP contribution in [0.2, 0.25) is 0 Å². The number of aromatic nitrogens is 1. The topological polar surface area (TPSA) is 38.1 Å². The summed E-state index contributed by atoms with van der Waals surface area (Å²) in [6.45, 7) is 3.02. The SMILES string of the molecule is CCNC(Cc1nc2ccccc2s1)c1ccoc1Br. The molecule has 3 rings (SSSR count). The third kappa shape index (κ3) is 2.80. The average Bonchev–Trinajstić information content (AvgIpc) is 3.03. The number of para-hydroxylation sites is 1. The lowest BCUT2D eigenvalue weighted by molar-refractivity contribution is 0.506. The molecule has 0 radical (unpaired) electrons. The van der Waals surface area contributed by atoms with Crippen molar-refractivity contribution in [2.75, 3.05) is 6.54 Å². The van der Waals surface area contributed by atoms with Crippen LogP contribution < -0.4 is 5.32 Å². The van der Waals surface area contributed by atoms with Crippen LogP contribution in [0.4, 0.5) is 0 Å². The van der Waals surface area contributed by atoms with Gasteiger partial charge in [0.2, 0.25) is 0 Å². The normalized spacial score (nSPS) is 12.9. The lowest BCUT2D eigenvalue weighted by atomic mass is 10.1. The van der Waals surface area contributed by atoms with Crippen LogP contribution >= 0.6 is 27.3 Å². The molecule has 2 aromatic heterocycles. The second-order valence-electron chi connectivity index (χ2n) is 4.54. The number of rotatable bonds is 5. The Morgan fingerprint density at radius 3 is 2.90 bits per heavy atom. The molecule has 104 valence electrons. The Morgan fingerprint density at radius 2 is 2.20 bits per heavy atom. The van der Waals surface area contributed by atoms with E-state index in [2.05, 4.69) is 46.4 Å². The Labute approximate surface area is 130 Å². The maximum absolute atomic E-state index is 5.35. The number of nitrogens with zero attached hydrogens (tertiary/aromatic N) is 1. The van der Waals surface area contributed by atoms with Crippen molar-refractivity contribution in [1.82, 2.24) is 10.3 Å². The summed E-state index contributed by atoms with van der Waals surface area (Å²) in [6.07, 6.45) is 2.58. The first-order valence-corrected chi connectivity index (χ1v) is 8.19. The summed E-state index contributed by atoms with van der Waals surface area (Å²) < 4.78 is 7.38. The molecule has 2 heterocycles. The minimum absolute atomic E-state index is 0.216. The standard InChI is InChI=1S/C15H15BrN2OS/c1-2-17-12(10-7-8-19-15(10)16)9-14-18-11-5-3-4-6-13(11)20-14/h3-8,12,17H,2,9H2,1H3. The number of hydrogen-bond acceptors (Lipinski definition) is 4. The van der Waals surface area contributed by atoms with Crippen molar-refractivity contribution in [2.24, 2.45) is 0 Å². The van der Waals surface area contributed by atoms with Gasteiger partial charge in [0.15, 0.2) is 4.67 Å². The van der Waals surface area contributed by atoms with E-state index < -0.39 is 0 Å². The molecule has 0 aliphatic rings. The van der Waals surface area contributed by atoms with E-state index in [9.17, 15) is 0 Å². The van der Waals surface area contributed by atoms with Crippen molar-refractivity contribution >= 4 is 37.5 Å². The number of hydrogen-bond donors (Lipinski definition) is 1. The highest BCUT2D eigenvalue weighted by Gasteiger charge is 2.18. The van der Waals surface area contributed by atoms with Crippen LogP contribution in [0, 0.1) is 0 Å².